The molecule has 17 heavy (non-hydrogen) atoms. The van der Waals surface area contributed by atoms with E-state index < -0.39 is 6.04 Å². The average Bonchev–Trinajstić information content (AvgIpc) is 2.70. The molecule has 0 aromatic carbocycles. The average molecular weight is 256 g/mol. The zero-order valence-electron chi connectivity index (χ0n) is 10.6. The van der Waals surface area contributed by atoms with E-state index in [0.29, 0.717) is 13.0 Å². The number of aryl methyl sites for hydroxylation is 1. The third-order valence-electron chi connectivity index (χ3n) is 2.63. The lowest BCUT2D eigenvalue weighted by molar-refractivity contribution is -0.131. The van der Waals surface area contributed by atoms with Crippen molar-refractivity contribution in [2.24, 2.45) is 12.8 Å². The van der Waals surface area contributed by atoms with Gasteiger partial charge in [0.25, 0.3) is 0 Å². The number of nitrogens with zero attached hydrogens (tertiary/aromatic N) is 3. The Labute approximate surface area is 106 Å². The third kappa shape index (κ3) is 4.05. The molecule has 0 saturated heterocycles. The number of hydrogen-bond donors (Lipinski definition) is 1. The van der Waals surface area contributed by atoms with Crippen molar-refractivity contribution >= 4 is 17.7 Å². The van der Waals surface area contributed by atoms with Gasteiger partial charge in [0.2, 0.25) is 5.91 Å². The fourth-order valence-corrected chi connectivity index (χ4v) is 1.98. The van der Waals surface area contributed by atoms with Gasteiger partial charge in [0.1, 0.15) is 5.82 Å². The first-order valence-corrected chi connectivity index (χ1v) is 6.91. The Morgan fingerprint density at radius 1 is 1.71 bits per heavy atom. The topological polar surface area (TPSA) is 64.2 Å². The minimum absolute atomic E-state index is 0.0259. The van der Waals surface area contributed by atoms with E-state index in [1.165, 1.54) is 0 Å². The molecule has 1 atom stereocenters. The molecule has 1 aromatic rings. The maximum absolute atomic E-state index is 11.9. The summed E-state index contributed by atoms with van der Waals surface area (Å²) in [5, 5.41) is 0. The van der Waals surface area contributed by atoms with Crippen LogP contribution in [0.4, 0.5) is 0 Å². The number of imidazole rings is 1. The normalized spacial score (nSPS) is 12.5. The number of carbonyl (C=O) groups excluding carboxylic acids is 1. The van der Waals surface area contributed by atoms with E-state index in [-0.39, 0.29) is 5.91 Å². The summed E-state index contributed by atoms with van der Waals surface area (Å²) >= 11 is 1.70. The Bertz CT molecular complexity index is 366. The van der Waals surface area contributed by atoms with Crippen molar-refractivity contribution in [2.45, 2.75) is 19.0 Å². The highest BCUT2D eigenvalue weighted by Crippen LogP contribution is 2.04. The van der Waals surface area contributed by atoms with Gasteiger partial charge in [-0.1, -0.05) is 0 Å². The summed E-state index contributed by atoms with van der Waals surface area (Å²) in [5.41, 5.74) is 5.84. The fourth-order valence-electron chi connectivity index (χ4n) is 1.49. The van der Waals surface area contributed by atoms with Crippen LogP contribution in [-0.4, -0.2) is 45.5 Å². The molecule has 0 saturated carbocycles. The smallest absolute Gasteiger partial charge is 0.239 e. The molecule has 2 N–H and O–H groups in total. The van der Waals surface area contributed by atoms with Crippen molar-refractivity contribution in [1.29, 1.82) is 0 Å². The summed E-state index contributed by atoms with van der Waals surface area (Å²) < 4.78 is 1.90. The first-order chi connectivity index (χ1) is 8.06. The van der Waals surface area contributed by atoms with E-state index >= 15 is 0 Å². The van der Waals surface area contributed by atoms with Crippen molar-refractivity contribution in [3.8, 4) is 0 Å². The molecule has 0 aliphatic carbocycles. The van der Waals surface area contributed by atoms with Gasteiger partial charge in [0.15, 0.2) is 0 Å². The molecule has 0 radical (unpaired) electrons. The Morgan fingerprint density at radius 3 is 2.94 bits per heavy atom. The zero-order valence-corrected chi connectivity index (χ0v) is 11.4. The molecule has 0 aliphatic rings. The quantitative estimate of drug-likeness (QED) is 0.803. The summed E-state index contributed by atoms with van der Waals surface area (Å²) in [6, 6.07) is -0.410. The number of aromatic nitrogens is 2. The third-order valence-corrected chi connectivity index (χ3v) is 3.27. The number of hydrogen-bond acceptors (Lipinski definition) is 4. The van der Waals surface area contributed by atoms with Crippen molar-refractivity contribution < 1.29 is 4.79 Å². The van der Waals surface area contributed by atoms with Gasteiger partial charge < -0.3 is 15.2 Å². The predicted molar refractivity (Wildman–Crippen MR) is 70.7 cm³/mol. The first kappa shape index (κ1) is 14.1. The molecule has 0 fully saturated rings. The van der Waals surface area contributed by atoms with Gasteiger partial charge >= 0.3 is 0 Å². The summed E-state index contributed by atoms with van der Waals surface area (Å²) in [6.45, 7) is 0.495. The predicted octanol–water partition coefficient (Wildman–Crippen LogP) is 0.459. The molecule has 0 spiro atoms. The molecule has 0 aliphatic heterocycles. The highest BCUT2D eigenvalue weighted by atomic mass is 32.2. The lowest BCUT2D eigenvalue weighted by Crippen LogP contribution is -2.42. The van der Waals surface area contributed by atoms with Gasteiger partial charge in [-0.05, 0) is 18.4 Å². The Kier molecular flexibility index (Phi) is 5.50. The van der Waals surface area contributed by atoms with Crippen molar-refractivity contribution in [3.05, 3.63) is 18.2 Å². The number of thioether (sulfide) groups is 1. The van der Waals surface area contributed by atoms with Gasteiger partial charge in [-0.3, -0.25) is 4.79 Å². The molecular weight excluding hydrogens is 236 g/mol. The second kappa shape index (κ2) is 6.66. The van der Waals surface area contributed by atoms with Crippen molar-refractivity contribution in [2.75, 3.05) is 19.1 Å². The standard InChI is InChI=1S/C11H20N4OS/c1-14-6-5-13-10(14)8-15(2)11(16)9(12)4-7-17-3/h5-6,9H,4,7-8,12H2,1-3H3/t9-/m0/s1. The Morgan fingerprint density at radius 2 is 2.41 bits per heavy atom. The van der Waals surface area contributed by atoms with E-state index in [2.05, 4.69) is 4.98 Å². The van der Waals surface area contributed by atoms with Crippen LogP contribution in [0.25, 0.3) is 0 Å². The number of likely N-dealkylation sites (N-methyl/N-ethyl adjacent to an activating group) is 1. The lowest BCUT2D eigenvalue weighted by Gasteiger charge is -2.20. The maximum Gasteiger partial charge on any atom is 0.239 e. The van der Waals surface area contributed by atoms with Crippen LogP contribution < -0.4 is 5.73 Å². The molecule has 0 unspecified atom stereocenters. The van der Waals surface area contributed by atoms with Crippen LogP contribution in [-0.2, 0) is 18.4 Å². The van der Waals surface area contributed by atoms with Crippen LogP contribution in [0.2, 0.25) is 0 Å². The van der Waals surface area contributed by atoms with Crippen LogP contribution in [0.1, 0.15) is 12.2 Å². The molecule has 0 bridgehead atoms. The zero-order chi connectivity index (χ0) is 12.8. The minimum atomic E-state index is -0.410. The highest BCUT2D eigenvalue weighted by molar-refractivity contribution is 7.98. The second-order valence-electron chi connectivity index (χ2n) is 4.04. The van der Waals surface area contributed by atoms with Crippen molar-refractivity contribution in [1.82, 2.24) is 14.5 Å². The van der Waals surface area contributed by atoms with Crippen molar-refractivity contribution in [3.63, 3.8) is 0 Å². The molecule has 96 valence electrons. The number of nitrogens with two attached hydrogens (primary N) is 1. The molecule has 1 amide bonds. The first-order valence-electron chi connectivity index (χ1n) is 5.52. The van der Waals surface area contributed by atoms with Gasteiger partial charge in [-0.25, -0.2) is 4.98 Å². The summed E-state index contributed by atoms with van der Waals surface area (Å²) in [4.78, 5) is 17.8. The molecule has 1 rings (SSSR count). The fraction of sp³-hybridized carbons (Fsp3) is 0.636. The van der Waals surface area contributed by atoms with E-state index in [1.54, 1.807) is 29.9 Å². The molecule has 5 nitrogen and oxygen atoms in total. The van der Waals surface area contributed by atoms with E-state index in [4.69, 9.17) is 5.73 Å². The monoisotopic (exact) mass is 256 g/mol. The van der Waals surface area contributed by atoms with E-state index in [0.717, 1.165) is 11.6 Å². The van der Waals surface area contributed by atoms with Crippen LogP contribution in [0.5, 0.6) is 0 Å². The Balaban J connectivity index is 2.49. The Hall–Kier alpha value is -1.01. The minimum Gasteiger partial charge on any atom is -0.337 e. The number of rotatable bonds is 6. The van der Waals surface area contributed by atoms with Crippen LogP contribution in [0.3, 0.4) is 0 Å². The number of amides is 1. The van der Waals surface area contributed by atoms with E-state index in [9.17, 15) is 4.79 Å². The van der Waals surface area contributed by atoms with Gasteiger partial charge in [0.05, 0.1) is 12.6 Å². The SMILES string of the molecule is CSCC[C@H](N)C(=O)N(C)Cc1nccn1C. The molecule has 6 heteroatoms. The molecule has 1 aromatic heterocycles. The van der Waals surface area contributed by atoms with Gasteiger partial charge in [-0.15, -0.1) is 0 Å². The van der Waals surface area contributed by atoms with Gasteiger partial charge in [-0.2, -0.15) is 11.8 Å². The van der Waals surface area contributed by atoms with Crippen LogP contribution in [0.15, 0.2) is 12.4 Å². The lowest BCUT2D eigenvalue weighted by atomic mass is 10.2. The maximum atomic E-state index is 11.9. The molecular formula is C11H20N4OS. The summed E-state index contributed by atoms with van der Waals surface area (Å²) in [5.74, 6) is 1.74. The van der Waals surface area contributed by atoms with E-state index in [1.807, 2.05) is 24.1 Å². The van der Waals surface area contributed by atoms with Crippen LogP contribution in [0, 0.1) is 0 Å². The summed E-state index contributed by atoms with van der Waals surface area (Å²) in [7, 11) is 3.67. The number of carbonyl (C=O) groups is 1. The molecule has 1 heterocycles. The largest absolute Gasteiger partial charge is 0.337 e. The second-order valence-corrected chi connectivity index (χ2v) is 5.02. The van der Waals surface area contributed by atoms with Crippen LogP contribution >= 0.6 is 11.8 Å². The summed E-state index contributed by atoms with van der Waals surface area (Å²) in [6.07, 6.45) is 6.31. The van der Waals surface area contributed by atoms with Gasteiger partial charge in [0, 0.05) is 26.5 Å². The highest BCUT2D eigenvalue weighted by Gasteiger charge is 2.18.